The van der Waals surface area contributed by atoms with E-state index in [2.05, 4.69) is 14.7 Å². The molecule has 0 atom stereocenters. The number of nitrogens with one attached hydrogen (secondary N) is 1. The second-order valence-corrected chi connectivity index (χ2v) is 7.31. The van der Waals surface area contributed by atoms with Crippen LogP contribution in [0.15, 0.2) is 64.5 Å². The van der Waals surface area contributed by atoms with E-state index in [1.54, 1.807) is 12.3 Å². The Kier molecular flexibility index (Phi) is 5.37. The summed E-state index contributed by atoms with van der Waals surface area (Å²) in [4.78, 5) is 15.8. The molecular formula is C23H22N4O2S. The summed E-state index contributed by atoms with van der Waals surface area (Å²) in [5.41, 5.74) is 4.49. The molecule has 30 heavy (non-hydrogen) atoms. The molecule has 152 valence electrons. The largest absolute Gasteiger partial charge is 0.494 e. The van der Waals surface area contributed by atoms with E-state index in [-0.39, 0.29) is 10.3 Å². The van der Waals surface area contributed by atoms with Crippen LogP contribution in [-0.2, 0) is 0 Å². The third-order valence-corrected chi connectivity index (χ3v) is 5.25. The molecule has 0 bridgehead atoms. The number of nitrogens with zero attached hydrogens (tertiary/aromatic N) is 3. The standard InChI is InChI=1S/C23H22N4O2S/c1-4-29-19-11-9-18(10-12-19)26-15(2)13-17(16(26)3)14-24-27-22(28)20-7-5-6-8-21(20)25-23(27)30/h5-14H,4H2,1-3H3,(H,25,30)/b24-14-. The molecule has 0 fully saturated rings. The highest BCUT2D eigenvalue weighted by Gasteiger charge is 2.10. The van der Waals surface area contributed by atoms with E-state index >= 15 is 0 Å². The van der Waals surface area contributed by atoms with E-state index < -0.39 is 0 Å². The first kappa shape index (κ1) is 19.8. The Hall–Kier alpha value is -3.45. The van der Waals surface area contributed by atoms with Gasteiger partial charge < -0.3 is 14.3 Å². The highest BCUT2D eigenvalue weighted by atomic mass is 32.1. The summed E-state index contributed by atoms with van der Waals surface area (Å²) in [5, 5.41) is 4.93. The van der Waals surface area contributed by atoms with E-state index in [1.807, 2.05) is 69.3 Å². The number of benzene rings is 2. The molecule has 2 aromatic carbocycles. The molecule has 4 rings (SSSR count). The van der Waals surface area contributed by atoms with Crippen molar-refractivity contribution in [3.8, 4) is 11.4 Å². The Morgan fingerprint density at radius 2 is 1.87 bits per heavy atom. The van der Waals surface area contributed by atoms with Crippen molar-refractivity contribution in [1.29, 1.82) is 0 Å². The Morgan fingerprint density at radius 1 is 1.13 bits per heavy atom. The number of ether oxygens (including phenoxy) is 1. The molecule has 0 radical (unpaired) electrons. The van der Waals surface area contributed by atoms with Gasteiger partial charge in [-0.1, -0.05) is 12.1 Å². The summed E-state index contributed by atoms with van der Waals surface area (Å²) in [5.74, 6) is 0.843. The van der Waals surface area contributed by atoms with E-state index in [1.165, 1.54) is 4.68 Å². The molecule has 4 aromatic rings. The highest BCUT2D eigenvalue weighted by Crippen LogP contribution is 2.22. The van der Waals surface area contributed by atoms with Crippen LogP contribution >= 0.6 is 12.2 Å². The molecule has 0 saturated carbocycles. The maximum absolute atomic E-state index is 12.8. The fourth-order valence-electron chi connectivity index (χ4n) is 3.55. The molecular weight excluding hydrogens is 396 g/mol. The van der Waals surface area contributed by atoms with Crippen LogP contribution in [0.1, 0.15) is 23.9 Å². The lowest BCUT2D eigenvalue weighted by atomic mass is 10.2. The Labute approximate surface area is 179 Å². The monoisotopic (exact) mass is 418 g/mol. The van der Waals surface area contributed by atoms with Crippen LogP contribution in [0.5, 0.6) is 5.75 Å². The van der Waals surface area contributed by atoms with E-state index in [0.717, 1.165) is 28.4 Å². The van der Waals surface area contributed by atoms with Crippen LogP contribution in [-0.4, -0.2) is 27.0 Å². The quantitative estimate of drug-likeness (QED) is 0.376. The number of hydrogen-bond donors (Lipinski definition) is 1. The van der Waals surface area contributed by atoms with Gasteiger partial charge in [0.1, 0.15) is 5.75 Å². The number of hydrogen-bond acceptors (Lipinski definition) is 4. The van der Waals surface area contributed by atoms with E-state index in [4.69, 9.17) is 17.0 Å². The van der Waals surface area contributed by atoms with Crippen molar-refractivity contribution in [2.75, 3.05) is 6.61 Å². The van der Waals surface area contributed by atoms with Gasteiger partial charge in [0.25, 0.3) is 5.56 Å². The fraction of sp³-hybridized carbons (Fsp3) is 0.174. The van der Waals surface area contributed by atoms with Crippen LogP contribution in [0, 0.1) is 18.6 Å². The van der Waals surface area contributed by atoms with Crippen molar-refractivity contribution < 1.29 is 4.74 Å². The van der Waals surface area contributed by atoms with Gasteiger partial charge in [0.2, 0.25) is 4.77 Å². The van der Waals surface area contributed by atoms with Crippen molar-refractivity contribution in [2.45, 2.75) is 20.8 Å². The molecule has 6 nitrogen and oxygen atoms in total. The molecule has 1 N–H and O–H groups in total. The lowest BCUT2D eigenvalue weighted by molar-refractivity contribution is 0.340. The van der Waals surface area contributed by atoms with Gasteiger partial charge in [-0.3, -0.25) is 4.79 Å². The zero-order chi connectivity index (χ0) is 21.3. The second kappa shape index (κ2) is 8.12. The maximum atomic E-state index is 12.8. The average molecular weight is 419 g/mol. The zero-order valence-corrected chi connectivity index (χ0v) is 17.9. The molecule has 0 amide bonds. The summed E-state index contributed by atoms with van der Waals surface area (Å²) < 4.78 is 9.15. The van der Waals surface area contributed by atoms with Gasteiger partial charge in [0.05, 0.1) is 23.7 Å². The maximum Gasteiger partial charge on any atom is 0.282 e. The first-order chi connectivity index (χ1) is 14.5. The summed E-state index contributed by atoms with van der Waals surface area (Å²) in [6.45, 7) is 6.66. The van der Waals surface area contributed by atoms with Gasteiger partial charge in [0.15, 0.2) is 0 Å². The van der Waals surface area contributed by atoms with Gasteiger partial charge in [0, 0.05) is 22.6 Å². The smallest absolute Gasteiger partial charge is 0.282 e. The minimum Gasteiger partial charge on any atom is -0.494 e. The van der Waals surface area contributed by atoms with Crippen LogP contribution in [0.3, 0.4) is 0 Å². The molecule has 0 spiro atoms. The Balaban J connectivity index is 1.72. The summed E-state index contributed by atoms with van der Waals surface area (Å²) in [7, 11) is 0. The van der Waals surface area contributed by atoms with Gasteiger partial charge in [-0.2, -0.15) is 9.78 Å². The summed E-state index contributed by atoms with van der Waals surface area (Å²) in [6, 6.07) is 17.3. The zero-order valence-electron chi connectivity index (χ0n) is 17.0. The molecule has 0 unspecified atom stereocenters. The molecule has 2 heterocycles. The molecule has 0 aliphatic heterocycles. The highest BCUT2D eigenvalue weighted by molar-refractivity contribution is 7.71. The molecule has 0 aliphatic rings. The van der Waals surface area contributed by atoms with Gasteiger partial charge in [-0.15, -0.1) is 0 Å². The number of aromatic nitrogens is 3. The van der Waals surface area contributed by atoms with Crippen LogP contribution in [0.25, 0.3) is 16.6 Å². The summed E-state index contributed by atoms with van der Waals surface area (Å²) in [6.07, 6.45) is 1.67. The molecule has 0 saturated heterocycles. The molecule has 7 heteroatoms. The minimum absolute atomic E-state index is 0.245. The SMILES string of the molecule is CCOc1ccc(-n2c(C)cc(/C=N\n3c(=S)[nH]c4ccccc4c3=O)c2C)cc1. The van der Waals surface area contributed by atoms with Crippen molar-refractivity contribution >= 4 is 29.3 Å². The first-order valence-electron chi connectivity index (χ1n) is 9.70. The Bertz CT molecular complexity index is 1360. The van der Waals surface area contributed by atoms with E-state index in [0.29, 0.717) is 17.5 Å². The van der Waals surface area contributed by atoms with Crippen LogP contribution < -0.4 is 10.3 Å². The number of aryl methyl sites for hydroxylation is 1. The topological polar surface area (TPSA) is 64.3 Å². The molecule has 0 aliphatic carbocycles. The van der Waals surface area contributed by atoms with Gasteiger partial charge >= 0.3 is 0 Å². The number of fused-ring (bicyclic) bond motifs is 1. The Morgan fingerprint density at radius 3 is 2.60 bits per heavy atom. The minimum atomic E-state index is -0.245. The van der Waals surface area contributed by atoms with Crippen molar-refractivity contribution in [2.24, 2.45) is 5.10 Å². The second-order valence-electron chi connectivity index (χ2n) is 6.93. The number of para-hydroxylation sites is 1. The molecule has 2 aromatic heterocycles. The fourth-order valence-corrected chi connectivity index (χ4v) is 3.79. The number of aromatic amines is 1. The van der Waals surface area contributed by atoms with Crippen LogP contribution in [0.2, 0.25) is 0 Å². The predicted octanol–water partition coefficient (Wildman–Crippen LogP) is 4.75. The first-order valence-corrected chi connectivity index (χ1v) is 10.1. The number of H-pyrrole nitrogens is 1. The van der Waals surface area contributed by atoms with Crippen molar-refractivity contribution in [3.63, 3.8) is 0 Å². The van der Waals surface area contributed by atoms with Crippen LogP contribution in [0.4, 0.5) is 0 Å². The number of rotatable bonds is 5. The summed E-state index contributed by atoms with van der Waals surface area (Å²) >= 11 is 5.33. The van der Waals surface area contributed by atoms with Gasteiger partial charge in [-0.05, 0) is 75.5 Å². The average Bonchev–Trinajstić information content (AvgIpc) is 3.02. The normalized spacial score (nSPS) is 11.4. The third kappa shape index (κ3) is 3.59. The van der Waals surface area contributed by atoms with Crippen molar-refractivity contribution in [1.82, 2.24) is 14.2 Å². The third-order valence-electron chi connectivity index (χ3n) is 4.97. The predicted molar refractivity (Wildman–Crippen MR) is 123 cm³/mol. The lowest BCUT2D eigenvalue weighted by Crippen LogP contribution is -2.18. The van der Waals surface area contributed by atoms with Crippen molar-refractivity contribution in [3.05, 3.63) is 86.7 Å². The van der Waals surface area contributed by atoms with Gasteiger partial charge in [-0.25, -0.2) is 0 Å². The lowest BCUT2D eigenvalue weighted by Gasteiger charge is -2.11. The van der Waals surface area contributed by atoms with E-state index in [9.17, 15) is 4.79 Å².